The van der Waals surface area contributed by atoms with E-state index in [1.807, 2.05) is 19.9 Å². The number of aliphatic hydroxyl groups is 2. The van der Waals surface area contributed by atoms with Crippen LogP contribution < -0.4 is 0 Å². The predicted molar refractivity (Wildman–Crippen MR) is 124 cm³/mol. The van der Waals surface area contributed by atoms with Gasteiger partial charge < -0.3 is 19.7 Å². The third-order valence-corrected chi connectivity index (χ3v) is 11.1. The predicted octanol–water partition coefficient (Wildman–Crippen LogP) is 3.13. The Kier molecular flexibility index (Phi) is 4.77. The van der Waals surface area contributed by atoms with Crippen molar-refractivity contribution < 1.29 is 29.3 Å². The number of carbonyl (C=O) groups excluding carboxylic acids is 2. The van der Waals surface area contributed by atoms with Crippen LogP contribution in [0, 0.1) is 40.4 Å². The van der Waals surface area contributed by atoms with Crippen LogP contribution >= 0.6 is 0 Å². The summed E-state index contributed by atoms with van der Waals surface area (Å²) < 4.78 is 12.1. The number of ketones is 1. The number of ether oxygens (including phenoxy) is 2. The van der Waals surface area contributed by atoms with Crippen LogP contribution in [0.1, 0.15) is 52.9 Å². The highest BCUT2D eigenvalue weighted by molar-refractivity contribution is 5.98. The van der Waals surface area contributed by atoms with E-state index in [4.69, 9.17) is 9.47 Å². The molecule has 2 saturated carbocycles. The van der Waals surface area contributed by atoms with Crippen molar-refractivity contribution in [3.05, 3.63) is 36.0 Å². The Balaban J connectivity index is 1.35. The van der Waals surface area contributed by atoms with Gasteiger partial charge in [-0.1, -0.05) is 31.2 Å². The second-order valence-electron chi connectivity index (χ2n) is 12.3. The summed E-state index contributed by atoms with van der Waals surface area (Å²) >= 11 is 0. The number of hydrogen-bond acceptors (Lipinski definition) is 6. The van der Waals surface area contributed by atoms with Crippen molar-refractivity contribution in [2.75, 3.05) is 6.61 Å². The smallest absolute Gasteiger partial charge is 0.336 e. The topological polar surface area (TPSA) is 93.1 Å². The van der Waals surface area contributed by atoms with Gasteiger partial charge in [-0.25, -0.2) is 4.79 Å². The lowest BCUT2D eigenvalue weighted by Crippen LogP contribution is -2.66. The number of fused-ring (bicyclic) bond motifs is 7. The van der Waals surface area contributed by atoms with Gasteiger partial charge in [0, 0.05) is 23.7 Å². The van der Waals surface area contributed by atoms with E-state index in [-0.39, 0.29) is 41.5 Å². The highest BCUT2D eigenvalue weighted by atomic mass is 16.6. The van der Waals surface area contributed by atoms with Gasteiger partial charge in [0.15, 0.2) is 5.78 Å². The highest BCUT2D eigenvalue weighted by Crippen LogP contribution is 2.67. The van der Waals surface area contributed by atoms with Gasteiger partial charge in [0.25, 0.3) is 0 Å². The van der Waals surface area contributed by atoms with Crippen molar-refractivity contribution >= 4 is 11.8 Å². The van der Waals surface area contributed by atoms with E-state index in [1.54, 1.807) is 6.08 Å². The van der Waals surface area contributed by atoms with Crippen molar-refractivity contribution in [2.45, 2.75) is 76.8 Å². The molecule has 2 N–H and O–H groups in total. The van der Waals surface area contributed by atoms with E-state index < -0.39 is 34.6 Å². The van der Waals surface area contributed by atoms with E-state index in [9.17, 15) is 19.8 Å². The van der Waals surface area contributed by atoms with Gasteiger partial charge in [0.1, 0.15) is 11.7 Å². The van der Waals surface area contributed by atoms with Crippen LogP contribution in [0.2, 0.25) is 0 Å². The van der Waals surface area contributed by atoms with Crippen LogP contribution in [0.15, 0.2) is 36.0 Å². The van der Waals surface area contributed by atoms with Gasteiger partial charge in [-0.3, -0.25) is 4.79 Å². The second kappa shape index (κ2) is 7.14. The first-order chi connectivity index (χ1) is 16.0. The first-order valence-electron chi connectivity index (χ1n) is 12.8. The fraction of sp³-hybridized carbons (Fsp3) is 0.714. The van der Waals surface area contributed by atoms with Crippen molar-refractivity contribution in [3.63, 3.8) is 0 Å². The molecule has 0 radical (unpaired) electrons. The molecule has 4 aliphatic carbocycles. The zero-order valence-corrected chi connectivity index (χ0v) is 20.3. The third kappa shape index (κ3) is 2.63. The minimum Gasteiger partial charge on any atom is -0.458 e. The van der Waals surface area contributed by atoms with E-state index in [0.29, 0.717) is 18.6 Å². The third-order valence-electron chi connectivity index (χ3n) is 11.1. The Labute approximate surface area is 201 Å². The Hall–Kier alpha value is -1.76. The molecule has 0 spiro atoms. The van der Waals surface area contributed by atoms with Gasteiger partial charge in [-0.05, 0) is 63.4 Å². The summed E-state index contributed by atoms with van der Waals surface area (Å²) in [6, 6.07) is 0. The lowest BCUT2D eigenvalue weighted by atomic mass is 9.45. The molecule has 184 valence electrons. The van der Waals surface area contributed by atoms with Crippen LogP contribution in [0.25, 0.3) is 0 Å². The highest BCUT2D eigenvalue weighted by Gasteiger charge is 2.68. The zero-order chi connectivity index (χ0) is 24.2. The Morgan fingerprint density at radius 2 is 1.79 bits per heavy atom. The quantitative estimate of drug-likeness (QED) is 0.349. The molecule has 2 heterocycles. The molecule has 6 heteroatoms. The monoisotopic (exact) mass is 468 g/mol. The number of esters is 1. The molecule has 4 fully saturated rings. The second-order valence-corrected chi connectivity index (χ2v) is 12.3. The molecule has 0 aromatic heterocycles. The fourth-order valence-corrected chi connectivity index (χ4v) is 9.10. The van der Waals surface area contributed by atoms with Gasteiger partial charge >= 0.3 is 5.97 Å². The van der Waals surface area contributed by atoms with Crippen molar-refractivity contribution in [2.24, 2.45) is 40.4 Å². The first kappa shape index (κ1) is 22.7. The minimum absolute atomic E-state index is 0.0388. The SMILES string of the molecule is C=C1C(=O)OC2CC1(C)OCC2C1CCC2C3CC=C4CC=CC(=O)C4(C)C3C(O)C(O)C12C. The molecule has 6 rings (SSSR count). The molecule has 6 aliphatic rings. The van der Waals surface area contributed by atoms with E-state index in [2.05, 4.69) is 19.6 Å². The lowest BCUT2D eigenvalue weighted by Gasteiger charge is -2.61. The van der Waals surface area contributed by atoms with Crippen LogP contribution in [-0.4, -0.2) is 52.5 Å². The molecule has 11 unspecified atom stereocenters. The fourth-order valence-electron chi connectivity index (χ4n) is 9.10. The number of allylic oxidation sites excluding steroid dienone is 4. The maximum atomic E-state index is 13.2. The lowest BCUT2D eigenvalue weighted by molar-refractivity contribution is -0.225. The summed E-state index contributed by atoms with van der Waals surface area (Å²) in [5.41, 5.74) is -0.539. The summed E-state index contributed by atoms with van der Waals surface area (Å²) in [4.78, 5) is 25.7. The number of hydrogen-bond donors (Lipinski definition) is 2. The average molecular weight is 469 g/mol. The minimum atomic E-state index is -0.987. The summed E-state index contributed by atoms with van der Waals surface area (Å²) in [5, 5.41) is 23.4. The van der Waals surface area contributed by atoms with Crippen molar-refractivity contribution in [1.29, 1.82) is 0 Å². The van der Waals surface area contributed by atoms with Crippen molar-refractivity contribution in [3.8, 4) is 0 Å². The Bertz CT molecular complexity index is 1030. The van der Waals surface area contributed by atoms with Crippen LogP contribution in [0.3, 0.4) is 0 Å². The van der Waals surface area contributed by atoms with Crippen molar-refractivity contribution in [1.82, 2.24) is 0 Å². The van der Waals surface area contributed by atoms with Gasteiger partial charge in [0.05, 0.1) is 29.8 Å². The molecule has 6 nitrogen and oxygen atoms in total. The zero-order valence-electron chi connectivity index (χ0n) is 20.3. The summed E-state index contributed by atoms with van der Waals surface area (Å²) in [6.07, 6.45) is 7.52. The summed E-state index contributed by atoms with van der Waals surface area (Å²) in [5.74, 6) is -0.330. The van der Waals surface area contributed by atoms with E-state index in [0.717, 1.165) is 31.3 Å². The molecule has 34 heavy (non-hydrogen) atoms. The van der Waals surface area contributed by atoms with Crippen LogP contribution in [0.4, 0.5) is 0 Å². The molecule has 11 atom stereocenters. The van der Waals surface area contributed by atoms with Gasteiger partial charge in [-0.15, -0.1) is 0 Å². The van der Waals surface area contributed by atoms with E-state index >= 15 is 0 Å². The normalized spacial score (nSPS) is 54.0. The largest absolute Gasteiger partial charge is 0.458 e. The standard InChI is InChI=1S/C28H36O6/c1-14-25(32)34-20-12-26(14,2)33-13-17(20)19-11-10-18-16-9-8-15-6-5-7-21(29)27(15,3)22(16)23(30)24(31)28(18,19)4/h5,7-8,16-20,22-24,30-31H,1,6,9-13H2,2-4H3. The maximum Gasteiger partial charge on any atom is 0.336 e. The Morgan fingerprint density at radius 3 is 2.53 bits per heavy atom. The molecular formula is C28H36O6. The Morgan fingerprint density at radius 1 is 1.09 bits per heavy atom. The van der Waals surface area contributed by atoms with Gasteiger partial charge in [-0.2, -0.15) is 0 Å². The summed E-state index contributed by atoms with van der Waals surface area (Å²) in [6.45, 7) is 10.3. The molecule has 0 amide bonds. The summed E-state index contributed by atoms with van der Waals surface area (Å²) in [7, 11) is 0. The molecule has 2 bridgehead atoms. The maximum absolute atomic E-state index is 13.2. The van der Waals surface area contributed by atoms with Gasteiger partial charge in [0.2, 0.25) is 0 Å². The molecule has 0 aromatic rings. The van der Waals surface area contributed by atoms with E-state index in [1.165, 1.54) is 0 Å². The molecular weight excluding hydrogens is 432 g/mol. The molecule has 0 aromatic carbocycles. The average Bonchev–Trinajstić information content (AvgIpc) is 3.15. The number of rotatable bonds is 1. The van der Waals surface area contributed by atoms with Crippen LogP contribution in [-0.2, 0) is 19.1 Å². The molecule has 2 saturated heterocycles. The number of carbonyl (C=O) groups is 2. The molecule has 2 aliphatic heterocycles. The first-order valence-corrected chi connectivity index (χ1v) is 12.8. The number of aliphatic hydroxyl groups excluding tert-OH is 2. The van der Waals surface area contributed by atoms with Crippen LogP contribution in [0.5, 0.6) is 0 Å².